The van der Waals surface area contributed by atoms with E-state index >= 15 is 0 Å². The van der Waals surface area contributed by atoms with Crippen molar-refractivity contribution in [2.45, 2.75) is 19.4 Å². The Hall–Kier alpha value is -2.11. The van der Waals surface area contributed by atoms with E-state index in [1.54, 1.807) is 27.8 Å². The normalized spacial score (nSPS) is 15.4. The number of nitrogens with one attached hydrogen (secondary N) is 1. The first-order valence-electron chi connectivity index (χ1n) is 7.78. The Kier molecular flexibility index (Phi) is 3.70. The van der Waals surface area contributed by atoms with Gasteiger partial charge in [0.1, 0.15) is 10.4 Å². The molecule has 1 aromatic heterocycles. The topological polar surface area (TPSA) is 33.6 Å². The molecule has 0 fully saturated rings. The number of anilines is 1. The molecule has 3 aromatic rings. The Morgan fingerprint density at radius 1 is 1.04 bits per heavy atom. The van der Waals surface area contributed by atoms with Gasteiger partial charge in [-0.3, -0.25) is 0 Å². The molecule has 1 N–H and O–H groups in total. The number of ether oxygens (including phenoxy) is 1. The van der Waals surface area contributed by atoms with Gasteiger partial charge >= 0.3 is 0 Å². The Labute approximate surface area is 148 Å². The molecule has 1 aliphatic rings. The molecular formula is C19H18N2OS2. The molecule has 0 saturated carbocycles. The molecule has 5 heteroatoms. The summed E-state index contributed by atoms with van der Waals surface area (Å²) in [4.78, 5) is 6.22. The number of hydrogen-bond donors (Lipinski definition) is 1. The Morgan fingerprint density at radius 3 is 2.58 bits per heavy atom. The van der Waals surface area contributed by atoms with Crippen LogP contribution in [-0.4, -0.2) is 7.11 Å². The molecule has 122 valence electrons. The van der Waals surface area contributed by atoms with Crippen LogP contribution in [0, 0.1) is 0 Å². The van der Waals surface area contributed by atoms with Crippen LogP contribution < -0.4 is 14.7 Å². The monoisotopic (exact) mass is 354 g/mol. The van der Waals surface area contributed by atoms with Gasteiger partial charge in [-0.15, -0.1) is 0 Å². The Morgan fingerprint density at radius 2 is 1.83 bits per heavy atom. The first kappa shape index (κ1) is 15.4. The van der Waals surface area contributed by atoms with Crippen LogP contribution in [0.2, 0.25) is 0 Å². The lowest BCUT2D eigenvalue weighted by Crippen LogP contribution is -2.31. The molecule has 1 aliphatic heterocycles. The number of fused-ring (bicyclic) bond motifs is 3. The lowest BCUT2D eigenvalue weighted by molar-refractivity contribution is 0.415. The number of rotatable bonds is 2. The van der Waals surface area contributed by atoms with E-state index in [0.717, 1.165) is 27.4 Å². The smallest absolute Gasteiger partial charge is 0.135 e. The summed E-state index contributed by atoms with van der Waals surface area (Å²) in [6.45, 7) is 4.43. The van der Waals surface area contributed by atoms with Crippen LogP contribution in [0.1, 0.15) is 18.7 Å². The molecule has 0 atom stereocenters. The first-order valence-corrected chi connectivity index (χ1v) is 9.93. The quantitative estimate of drug-likeness (QED) is 0.627. The van der Waals surface area contributed by atoms with E-state index in [4.69, 9.17) is 9.73 Å². The zero-order chi connectivity index (χ0) is 16.7. The van der Waals surface area contributed by atoms with Crippen molar-refractivity contribution in [1.82, 2.24) is 0 Å². The molecule has 0 bridgehead atoms. The van der Waals surface area contributed by atoms with Gasteiger partial charge in [0.25, 0.3) is 0 Å². The predicted octanol–water partition coefficient (Wildman–Crippen LogP) is 5.38. The van der Waals surface area contributed by atoms with Crippen LogP contribution in [0.3, 0.4) is 0 Å². The minimum absolute atomic E-state index is 0.109. The molecule has 0 spiro atoms. The molecule has 2 heterocycles. The molecule has 24 heavy (non-hydrogen) atoms. The summed E-state index contributed by atoms with van der Waals surface area (Å²) in [5.74, 6) is 0.864. The van der Waals surface area contributed by atoms with Gasteiger partial charge in [0.05, 0.1) is 23.2 Å². The van der Waals surface area contributed by atoms with E-state index in [-0.39, 0.29) is 5.54 Å². The predicted molar refractivity (Wildman–Crippen MR) is 102 cm³/mol. The average Bonchev–Trinajstić information content (AvgIpc) is 3.00. The Bertz CT molecular complexity index is 955. The third-order valence-electron chi connectivity index (χ3n) is 4.14. The third kappa shape index (κ3) is 2.54. The van der Waals surface area contributed by atoms with Crippen LogP contribution in [0.5, 0.6) is 5.75 Å². The third-order valence-corrected chi connectivity index (χ3v) is 6.78. The highest BCUT2D eigenvalue weighted by atomic mass is 32.9. The van der Waals surface area contributed by atoms with Crippen molar-refractivity contribution in [3.8, 4) is 16.9 Å². The fourth-order valence-corrected chi connectivity index (χ4v) is 5.91. The Balaban J connectivity index is 1.99. The van der Waals surface area contributed by atoms with Crippen molar-refractivity contribution >= 4 is 32.1 Å². The first-order chi connectivity index (χ1) is 11.6. The number of methoxy groups -OCH3 is 1. The summed E-state index contributed by atoms with van der Waals surface area (Å²) >= 11 is 0. The SMILES string of the molecule is COc1ccc2c(c1)-c1c(ssc1=Nc1ccccc1)C(C)(C)N2. The summed E-state index contributed by atoms with van der Waals surface area (Å²) in [6, 6.07) is 16.3. The minimum Gasteiger partial charge on any atom is -0.497 e. The molecule has 4 rings (SSSR count). The van der Waals surface area contributed by atoms with E-state index in [9.17, 15) is 0 Å². The van der Waals surface area contributed by atoms with Gasteiger partial charge in [-0.1, -0.05) is 38.9 Å². The number of benzene rings is 2. The highest BCUT2D eigenvalue weighted by molar-refractivity contribution is 7.68. The van der Waals surface area contributed by atoms with E-state index < -0.39 is 0 Å². The molecule has 0 saturated heterocycles. The van der Waals surface area contributed by atoms with Gasteiger partial charge in [-0.2, -0.15) is 0 Å². The fourth-order valence-electron chi connectivity index (χ4n) is 2.97. The maximum absolute atomic E-state index is 5.43. The largest absolute Gasteiger partial charge is 0.497 e. The standard InChI is InChI=1S/C19H18N2OS2/c1-19(2)17-16(14-11-13(22-3)9-10-15(14)21-19)18(24-23-17)20-12-7-5-4-6-8-12/h4-11,21H,1-3H3. The van der Waals surface area contributed by atoms with Gasteiger partial charge in [-0.05, 0) is 44.2 Å². The van der Waals surface area contributed by atoms with E-state index in [0.29, 0.717) is 0 Å². The molecule has 0 radical (unpaired) electrons. The zero-order valence-electron chi connectivity index (χ0n) is 13.8. The molecule has 0 aliphatic carbocycles. The van der Waals surface area contributed by atoms with Gasteiger partial charge in [-0.25, -0.2) is 4.99 Å². The van der Waals surface area contributed by atoms with Crippen LogP contribution in [0.4, 0.5) is 11.4 Å². The van der Waals surface area contributed by atoms with Crippen molar-refractivity contribution in [2.75, 3.05) is 12.4 Å². The van der Waals surface area contributed by atoms with Crippen molar-refractivity contribution in [1.29, 1.82) is 0 Å². The lowest BCUT2D eigenvalue weighted by Gasteiger charge is -2.33. The molecule has 0 unspecified atom stereocenters. The van der Waals surface area contributed by atoms with Crippen molar-refractivity contribution < 1.29 is 4.74 Å². The lowest BCUT2D eigenvalue weighted by atomic mass is 9.90. The fraction of sp³-hybridized carbons (Fsp3) is 0.211. The van der Waals surface area contributed by atoms with E-state index in [1.165, 1.54) is 10.4 Å². The summed E-state index contributed by atoms with van der Waals surface area (Å²) in [6.07, 6.45) is 0. The van der Waals surface area contributed by atoms with Crippen LogP contribution in [0.25, 0.3) is 11.1 Å². The second-order valence-electron chi connectivity index (χ2n) is 6.28. The molecule has 2 aromatic carbocycles. The van der Waals surface area contributed by atoms with Gasteiger partial charge < -0.3 is 10.1 Å². The minimum atomic E-state index is -0.109. The summed E-state index contributed by atoms with van der Waals surface area (Å²) in [5.41, 5.74) is 4.39. The zero-order valence-corrected chi connectivity index (χ0v) is 15.4. The van der Waals surface area contributed by atoms with Gasteiger partial charge in [0, 0.05) is 16.8 Å². The molecular weight excluding hydrogens is 336 g/mol. The van der Waals surface area contributed by atoms with Gasteiger partial charge in [0.15, 0.2) is 0 Å². The van der Waals surface area contributed by atoms with Crippen LogP contribution in [-0.2, 0) is 5.54 Å². The maximum atomic E-state index is 5.43. The van der Waals surface area contributed by atoms with Crippen LogP contribution in [0.15, 0.2) is 53.5 Å². The number of para-hydroxylation sites is 1. The molecule has 0 amide bonds. The second kappa shape index (κ2) is 5.76. The van der Waals surface area contributed by atoms with Crippen LogP contribution >= 0.6 is 20.7 Å². The van der Waals surface area contributed by atoms with E-state index in [2.05, 4.69) is 31.3 Å². The van der Waals surface area contributed by atoms with E-state index in [1.807, 2.05) is 36.4 Å². The highest BCUT2D eigenvalue weighted by Crippen LogP contribution is 2.46. The van der Waals surface area contributed by atoms with Crippen molar-refractivity contribution in [3.05, 3.63) is 58.1 Å². The highest BCUT2D eigenvalue weighted by Gasteiger charge is 2.33. The summed E-state index contributed by atoms with van der Waals surface area (Å²) < 4.78 is 6.49. The van der Waals surface area contributed by atoms with Crippen molar-refractivity contribution in [2.24, 2.45) is 4.99 Å². The molecule has 3 nitrogen and oxygen atoms in total. The van der Waals surface area contributed by atoms with Gasteiger partial charge in [0.2, 0.25) is 0 Å². The summed E-state index contributed by atoms with van der Waals surface area (Å²) in [7, 11) is 5.24. The summed E-state index contributed by atoms with van der Waals surface area (Å²) in [5, 5.41) is 3.64. The number of hydrogen-bond acceptors (Lipinski definition) is 5. The second-order valence-corrected chi connectivity index (χ2v) is 8.41. The maximum Gasteiger partial charge on any atom is 0.135 e. The number of nitrogens with zero attached hydrogens (tertiary/aromatic N) is 1. The average molecular weight is 355 g/mol. The van der Waals surface area contributed by atoms with Crippen molar-refractivity contribution in [3.63, 3.8) is 0 Å².